The van der Waals surface area contributed by atoms with Gasteiger partial charge in [-0.05, 0) is 55.1 Å². The van der Waals surface area contributed by atoms with E-state index in [9.17, 15) is 0 Å². The molecule has 2 heteroatoms. The lowest BCUT2D eigenvalue weighted by molar-refractivity contribution is -0.135. The summed E-state index contributed by atoms with van der Waals surface area (Å²) in [4.78, 5) is 0. The molecule has 1 aliphatic heterocycles. The Bertz CT molecular complexity index is 394. The van der Waals surface area contributed by atoms with Gasteiger partial charge in [0.1, 0.15) is 6.10 Å². The van der Waals surface area contributed by atoms with Crippen molar-refractivity contribution in [3.05, 3.63) is 35.4 Å². The summed E-state index contributed by atoms with van der Waals surface area (Å²) >= 11 is 0. The van der Waals surface area contributed by atoms with E-state index in [1.807, 2.05) is 0 Å². The molecule has 0 amide bonds. The lowest BCUT2D eigenvalue weighted by Crippen LogP contribution is -2.30. The van der Waals surface area contributed by atoms with E-state index in [2.05, 4.69) is 38.1 Å². The third kappa shape index (κ3) is 3.72. The minimum absolute atomic E-state index is 0.118. The molecule has 1 saturated heterocycles. The van der Waals surface area contributed by atoms with Crippen molar-refractivity contribution in [1.82, 2.24) is 0 Å². The second-order valence-corrected chi connectivity index (χ2v) is 6.98. The van der Waals surface area contributed by atoms with Gasteiger partial charge in [-0.1, -0.05) is 44.5 Å². The predicted octanol–water partition coefficient (Wildman–Crippen LogP) is 5.24. The summed E-state index contributed by atoms with van der Waals surface area (Å²) in [6, 6.07) is 9.15. The van der Waals surface area contributed by atoms with Gasteiger partial charge >= 0.3 is 0 Å². The van der Waals surface area contributed by atoms with Crippen LogP contribution in [-0.2, 0) is 9.47 Å². The minimum Gasteiger partial charge on any atom is -0.373 e. The van der Waals surface area contributed by atoms with Crippen LogP contribution in [0, 0.1) is 5.92 Å². The summed E-state index contributed by atoms with van der Waals surface area (Å²) in [7, 11) is 0. The van der Waals surface area contributed by atoms with Gasteiger partial charge in [-0.15, -0.1) is 0 Å². The van der Waals surface area contributed by atoms with Gasteiger partial charge in [0.15, 0.2) is 0 Å². The maximum atomic E-state index is 5.96. The quantitative estimate of drug-likeness (QED) is 0.757. The van der Waals surface area contributed by atoms with Crippen LogP contribution in [0.25, 0.3) is 0 Å². The molecule has 2 nitrogen and oxygen atoms in total. The first-order valence-electron chi connectivity index (χ1n) is 9.13. The summed E-state index contributed by atoms with van der Waals surface area (Å²) in [6.45, 7) is 5.90. The van der Waals surface area contributed by atoms with E-state index in [1.54, 1.807) is 0 Å². The molecule has 0 spiro atoms. The number of hydrogen-bond acceptors (Lipinski definition) is 2. The molecule has 2 fully saturated rings. The van der Waals surface area contributed by atoms with Crippen molar-refractivity contribution in [2.45, 2.75) is 70.5 Å². The Morgan fingerprint density at radius 3 is 2.05 bits per heavy atom. The molecule has 1 aromatic rings. The normalized spacial score (nSPS) is 32.8. The Kier molecular flexibility index (Phi) is 5.54. The van der Waals surface area contributed by atoms with Gasteiger partial charge in [0.2, 0.25) is 0 Å². The van der Waals surface area contributed by atoms with Crippen LogP contribution >= 0.6 is 0 Å². The van der Waals surface area contributed by atoms with Crippen molar-refractivity contribution in [1.29, 1.82) is 0 Å². The van der Waals surface area contributed by atoms with Crippen LogP contribution in [0.4, 0.5) is 0 Å². The SMILES string of the molecule is CCC1CCC(c2ccc(C3COC(CC)CO3)cc2)CC1. The zero-order valence-electron chi connectivity index (χ0n) is 14.1. The molecule has 1 aromatic carbocycles. The third-order valence-electron chi connectivity index (χ3n) is 5.63. The minimum atomic E-state index is 0.118. The van der Waals surface area contributed by atoms with Crippen molar-refractivity contribution in [2.75, 3.05) is 13.2 Å². The van der Waals surface area contributed by atoms with Crippen LogP contribution in [0.1, 0.15) is 75.5 Å². The third-order valence-corrected chi connectivity index (χ3v) is 5.63. The van der Waals surface area contributed by atoms with E-state index in [0.717, 1.165) is 24.9 Å². The number of ether oxygens (including phenoxy) is 2. The van der Waals surface area contributed by atoms with Crippen molar-refractivity contribution in [3.8, 4) is 0 Å². The van der Waals surface area contributed by atoms with Crippen molar-refractivity contribution < 1.29 is 9.47 Å². The molecule has 22 heavy (non-hydrogen) atoms. The predicted molar refractivity (Wildman–Crippen MR) is 90.2 cm³/mol. The maximum Gasteiger partial charge on any atom is 0.106 e. The summed E-state index contributed by atoms with van der Waals surface area (Å²) < 4.78 is 11.8. The smallest absolute Gasteiger partial charge is 0.106 e. The van der Waals surface area contributed by atoms with E-state index >= 15 is 0 Å². The number of hydrogen-bond donors (Lipinski definition) is 0. The van der Waals surface area contributed by atoms with Gasteiger partial charge in [-0.2, -0.15) is 0 Å². The van der Waals surface area contributed by atoms with Crippen LogP contribution in [-0.4, -0.2) is 19.3 Å². The molecule has 0 N–H and O–H groups in total. The van der Waals surface area contributed by atoms with Gasteiger partial charge in [0.25, 0.3) is 0 Å². The highest BCUT2D eigenvalue weighted by Gasteiger charge is 2.24. The first-order valence-corrected chi connectivity index (χ1v) is 9.13. The second kappa shape index (κ2) is 7.61. The van der Waals surface area contributed by atoms with Gasteiger partial charge < -0.3 is 9.47 Å². The average Bonchev–Trinajstić information content (AvgIpc) is 2.62. The maximum absolute atomic E-state index is 5.96. The first-order chi connectivity index (χ1) is 10.8. The van der Waals surface area contributed by atoms with Crippen molar-refractivity contribution >= 4 is 0 Å². The zero-order chi connectivity index (χ0) is 15.4. The number of rotatable bonds is 4. The van der Waals surface area contributed by atoms with Crippen molar-refractivity contribution in [3.63, 3.8) is 0 Å². The van der Waals surface area contributed by atoms with E-state index in [1.165, 1.54) is 43.2 Å². The standard InChI is InChI=1S/C20H30O2/c1-3-15-5-7-16(8-6-15)17-9-11-18(12-10-17)20-14-21-19(4-2)13-22-20/h9-12,15-16,19-20H,3-8,13-14H2,1-2H3. The molecule has 2 unspecified atom stereocenters. The zero-order valence-corrected chi connectivity index (χ0v) is 14.1. The largest absolute Gasteiger partial charge is 0.373 e. The van der Waals surface area contributed by atoms with Gasteiger partial charge in [-0.3, -0.25) is 0 Å². The van der Waals surface area contributed by atoms with Crippen LogP contribution in [0.3, 0.4) is 0 Å². The van der Waals surface area contributed by atoms with Crippen molar-refractivity contribution in [2.24, 2.45) is 5.92 Å². The Labute approximate surface area is 135 Å². The van der Waals surface area contributed by atoms with Crippen LogP contribution < -0.4 is 0 Å². The summed E-state index contributed by atoms with van der Waals surface area (Å²) in [5, 5.41) is 0. The molecular formula is C20H30O2. The molecule has 0 radical (unpaired) electrons. The van der Waals surface area contributed by atoms with E-state index in [0.29, 0.717) is 6.61 Å². The molecule has 3 rings (SSSR count). The Hall–Kier alpha value is -0.860. The monoisotopic (exact) mass is 302 g/mol. The van der Waals surface area contributed by atoms with Gasteiger partial charge in [0, 0.05) is 0 Å². The lowest BCUT2D eigenvalue weighted by atomic mass is 9.78. The molecule has 1 heterocycles. The highest BCUT2D eigenvalue weighted by molar-refractivity contribution is 5.27. The Morgan fingerprint density at radius 1 is 0.818 bits per heavy atom. The average molecular weight is 302 g/mol. The summed E-state index contributed by atoms with van der Waals surface area (Å²) in [5.41, 5.74) is 2.78. The highest BCUT2D eigenvalue weighted by Crippen LogP contribution is 2.37. The van der Waals surface area contributed by atoms with Crippen LogP contribution in [0.2, 0.25) is 0 Å². The highest BCUT2D eigenvalue weighted by atomic mass is 16.6. The van der Waals surface area contributed by atoms with E-state index in [-0.39, 0.29) is 12.2 Å². The van der Waals surface area contributed by atoms with E-state index < -0.39 is 0 Å². The second-order valence-electron chi connectivity index (χ2n) is 6.98. The molecular weight excluding hydrogens is 272 g/mol. The molecule has 122 valence electrons. The fraction of sp³-hybridized carbons (Fsp3) is 0.700. The molecule has 2 aliphatic rings. The molecule has 0 aromatic heterocycles. The fourth-order valence-electron chi connectivity index (χ4n) is 3.86. The van der Waals surface area contributed by atoms with Gasteiger partial charge in [-0.25, -0.2) is 0 Å². The number of benzene rings is 1. The first kappa shape index (κ1) is 16.0. The fourth-order valence-corrected chi connectivity index (χ4v) is 3.86. The van der Waals surface area contributed by atoms with Gasteiger partial charge in [0.05, 0.1) is 19.3 Å². The summed E-state index contributed by atoms with van der Waals surface area (Å²) in [5.74, 6) is 1.74. The van der Waals surface area contributed by atoms with Crippen LogP contribution in [0.5, 0.6) is 0 Å². The molecule has 1 aliphatic carbocycles. The topological polar surface area (TPSA) is 18.5 Å². The van der Waals surface area contributed by atoms with Crippen LogP contribution in [0.15, 0.2) is 24.3 Å². The Balaban J connectivity index is 1.57. The Morgan fingerprint density at radius 2 is 1.50 bits per heavy atom. The lowest BCUT2D eigenvalue weighted by Gasteiger charge is -2.30. The molecule has 2 atom stereocenters. The molecule has 0 bridgehead atoms. The summed E-state index contributed by atoms with van der Waals surface area (Å²) in [6.07, 6.45) is 8.31. The van der Waals surface area contributed by atoms with E-state index in [4.69, 9.17) is 9.47 Å². The molecule has 1 saturated carbocycles.